The Morgan fingerprint density at radius 1 is 1.17 bits per heavy atom. The maximum Gasteiger partial charge on any atom is 0.308 e. The molecule has 0 bridgehead atoms. The topological polar surface area (TPSA) is 74.7 Å². The number of carbonyl (C=O) groups excluding carboxylic acids is 2. The number of aliphatic carboxylic acids is 1. The molecular formula is C19H25NO4. The number of aryl methyl sites for hydroxylation is 1. The summed E-state index contributed by atoms with van der Waals surface area (Å²) < 4.78 is 0. The average molecular weight is 331 g/mol. The van der Waals surface area contributed by atoms with Crippen LogP contribution in [0.25, 0.3) is 0 Å². The molecule has 0 spiro atoms. The summed E-state index contributed by atoms with van der Waals surface area (Å²) in [6, 6.07) is 7.62. The highest BCUT2D eigenvalue weighted by Gasteiger charge is 2.34. The van der Waals surface area contributed by atoms with Gasteiger partial charge in [0.15, 0.2) is 5.78 Å². The van der Waals surface area contributed by atoms with Crippen LogP contribution >= 0.6 is 0 Å². The van der Waals surface area contributed by atoms with E-state index >= 15 is 0 Å². The molecule has 1 fully saturated rings. The molecule has 1 aliphatic carbocycles. The van der Waals surface area contributed by atoms with Gasteiger partial charge in [0.2, 0.25) is 5.91 Å². The van der Waals surface area contributed by atoms with Crippen molar-refractivity contribution in [3.63, 3.8) is 0 Å². The third kappa shape index (κ3) is 4.91. The van der Waals surface area contributed by atoms with Crippen LogP contribution in [0.15, 0.2) is 24.3 Å². The van der Waals surface area contributed by atoms with E-state index in [0.717, 1.165) is 19.3 Å². The largest absolute Gasteiger partial charge is 0.481 e. The molecule has 1 amide bonds. The maximum absolute atomic E-state index is 12.4. The van der Waals surface area contributed by atoms with Gasteiger partial charge in [0.25, 0.3) is 0 Å². The molecule has 1 aromatic rings. The van der Waals surface area contributed by atoms with Gasteiger partial charge >= 0.3 is 5.97 Å². The van der Waals surface area contributed by atoms with Crippen LogP contribution in [0.2, 0.25) is 0 Å². The molecule has 1 aromatic carbocycles. The number of benzene rings is 1. The lowest BCUT2D eigenvalue weighted by molar-refractivity contribution is -0.143. The van der Waals surface area contributed by atoms with E-state index in [1.807, 2.05) is 12.1 Å². The van der Waals surface area contributed by atoms with Crippen molar-refractivity contribution in [3.8, 4) is 0 Å². The lowest BCUT2D eigenvalue weighted by Crippen LogP contribution is -2.38. The monoisotopic (exact) mass is 331 g/mol. The predicted octanol–water partition coefficient (Wildman–Crippen LogP) is 2.92. The van der Waals surface area contributed by atoms with E-state index in [-0.39, 0.29) is 37.1 Å². The van der Waals surface area contributed by atoms with E-state index in [9.17, 15) is 14.4 Å². The molecule has 0 aliphatic heterocycles. The van der Waals surface area contributed by atoms with Crippen molar-refractivity contribution in [2.24, 2.45) is 5.92 Å². The van der Waals surface area contributed by atoms with Crippen LogP contribution in [-0.4, -0.2) is 40.3 Å². The number of carboxylic acid groups (broad SMARTS) is 1. The van der Waals surface area contributed by atoms with Gasteiger partial charge in [-0.2, -0.15) is 0 Å². The summed E-state index contributed by atoms with van der Waals surface area (Å²) in [5, 5.41) is 9.03. The van der Waals surface area contributed by atoms with Gasteiger partial charge in [-0.3, -0.25) is 14.4 Å². The molecule has 1 saturated carbocycles. The maximum atomic E-state index is 12.4. The van der Waals surface area contributed by atoms with Crippen LogP contribution in [0.4, 0.5) is 0 Å². The SMILES string of the molecule is CCc1ccc(C(=O)CCC(=O)N(CC(C)C(=O)O)C2CC2)cc1. The van der Waals surface area contributed by atoms with Crippen LogP contribution < -0.4 is 0 Å². The molecule has 5 heteroatoms. The first kappa shape index (κ1) is 18.2. The molecule has 1 unspecified atom stereocenters. The van der Waals surface area contributed by atoms with Gasteiger partial charge < -0.3 is 10.0 Å². The summed E-state index contributed by atoms with van der Waals surface area (Å²) in [6.45, 7) is 3.88. The predicted molar refractivity (Wildman–Crippen MR) is 90.9 cm³/mol. The lowest BCUT2D eigenvalue weighted by atomic mass is 10.0. The Kier molecular flexibility index (Phi) is 6.12. The van der Waals surface area contributed by atoms with Gasteiger partial charge in [-0.05, 0) is 24.8 Å². The number of Topliss-reactive ketones (excluding diaryl/α,β-unsaturated/α-hetero) is 1. The number of hydrogen-bond acceptors (Lipinski definition) is 3. The van der Waals surface area contributed by atoms with Crippen LogP contribution in [-0.2, 0) is 16.0 Å². The van der Waals surface area contributed by atoms with E-state index in [4.69, 9.17) is 5.11 Å². The Balaban J connectivity index is 1.89. The van der Waals surface area contributed by atoms with Crippen molar-refractivity contribution in [2.75, 3.05) is 6.54 Å². The summed E-state index contributed by atoms with van der Waals surface area (Å²) in [7, 11) is 0. The molecule has 24 heavy (non-hydrogen) atoms. The zero-order valence-electron chi connectivity index (χ0n) is 14.3. The van der Waals surface area contributed by atoms with Crippen molar-refractivity contribution < 1.29 is 19.5 Å². The molecule has 5 nitrogen and oxygen atoms in total. The second-order valence-electron chi connectivity index (χ2n) is 6.49. The number of carbonyl (C=O) groups is 3. The smallest absolute Gasteiger partial charge is 0.308 e. The second-order valence-corrected chi connectivity index (χ2v) is 6.49. The summed E-state index contributed by atoms with van der Waals surface area (Å²) in [6.07, 6.45) is 3.06. The van der Waals surface area contributed by atoms with Crippen molar-refractivity contribution in [1.82, 2.24) is 4.90 Å². The van der Waals surface area contributed by atoms with E-state index in [1.165, 1.54) is 5.56 Å². The molecule has 0 aromatic heterocycles. The lowest BCUT2D eigenvalue weighted by Gasteiger charge is -2.24. The van der Waals surface area contributed by atoms with Gasteiger partial charge in [-0.25, -0.2) is 0 Å². The number of amides is 1. The number of carboxylic acids is 1. The second kappa shape index (κ2) is 8.08. The van der Waals surface area contributed by atoms with E-state index in [0.29, 0.717) is 5.56 Å². The molecule has 1 N–H and O–H groups in total. The summed E-state index contributed by atoms with van der Waals surface area (Å²) in [4.78, 5) is 37.3. The fraction of sp³-hybridized carbons (Fsp3) is 0.526. The van der Waals surface area contributed by atoms with Gasteiger partial charge in [0.05, 0.1) is 5.92 Å². The standard InChI is InChI=1S/C19H25NO4/c1-3-14-4-6-15(7-5-14)17(21)10-11-18(22)20(16-8-9-16)12-13(2)19(23)24/h4-7,13,16H,3,8-12H2,1-2H3,(H,23,24). The van der Waals surface area contributed by atoms with Crippen molar-refractivity contribution >= 4 is 17.7 Å². The Morgan fingerprint density at radius 2 is 1.79 bits per heavy atom. The van der Waals surface area contributed by atoms with Crippen LogP contribution in [0.1, 0.15) is 55.5 Å². The van der Waals surface area contributed by atoms with E-state index in [2.05, 4.69) is 6.92 Å². The number of ketones is 1. The minimum Gasteiger partial charge on any atom is -0.481 e. The zero-order valence-corrected chi connectivity index (χ0v) is 14.3. The van der Waals surface area contributed by atoms with Crippen molar-refractivity contribution in [1.29, 1.82) is 0 Å². The fourth-order valence-corrected chi connectivity index (χ4v) is 2.65. The number of hydrogen-bond donors (Lipinski definition) is 1. The average Bonchev–Trinajstić information content (AvgIpc) is 3.41. The van der Waals surface area contributed by atoms with E-state index < -0.39 is 11.9 Å². The molecule has 2 rings (SSSR count). The molecule has 1 aliphatic rings. The summed E-state index contributed by atoms with van der Waals surface area (Å²) >= 11 is 0. The van der Waals surface area contributed by atoms with E-state index in [1.54, 1.807) is 24.0 Å². The third-order valence-corrected chi connectivity index (χ3v) is 4.45. The van der Waals surface area contributed by atoms with Crippen molar-refractivity contribution in [3.05, 3.63) is 35.4 Å². The molecule has 130 valence electrons. The Hall–Kier alpha value is -2.17. The van der Waals surface area contributed by atoms with Gasteiger partial charge in [-0.1, -0.05) is 38.1 Å². The highest BCUT2D eigenvalue weighted by molar-refractivity contribution is 5.98. The van der Waals surface area contributed by atoms with Gasteiger partial charge in [0.1, 0.15) is 0 Å². The first-order valence-electron chi connectivity index (χ1n) is 8.56. The number of rotatable bonds is 9. The molecular weight excluding hydrogens is 306 g/mol. The van der Waals surface area contributed by atoms with Gasteiger partial charge in [0, 0.05) is 31.0 Å². The zero-order chi connectivity index (χ0) is 17.7. The quantitative estimate of drug-likeness (QED) is 0.706. The Bertz CT molecular complexity index is 604. The van der Waals surface area contributed by atoms with Crippen LogP contribution in [0, 0.1) is 5.92 Å². The van der Waals surface area contributed by atoms with Crippen molar-refractivity contribution in [2.45, 2.75) is 52.0 Å². The minimum absolute atomic E-state index is 0.0481. The summed E-state index contributed by atoms with van der Waals surface area (Å²) in [5.41, 5.74) is 1.79. The highest BCUT2D eigenvalue weighted by Crippen LogP contribution is 2.28. The first-order valence-corrected chi connectivity index (χ1v) is 8.56. The molecule has 1 atom stereocenters. The van der Waals surface area contributed by atoms with Crippen LogP contribution in [0.5, 0.6) is 0 Å². The Morgan fingerprint density at radius 3 is 2.29 bits per heavy atom. The minimum atomic E-state index is -0.902. The molecule has 0 radical (unpaired) electrons. The third-order valence-electron chi connectivity index (χ3n) is 4.45. The first-order chi connectivity index (χ1) is 11.4. The fourth-order valence-electron chi connectivity index (χ4n) is 2.65. The Labute approximate surface area is 142 Å². The number of nitrogens with zero attached hydrogens (tertiary/aromatic N) is 1. The normalized spacial score (nSPS) is 14.9. The summed E-state index contributed by atoms with van der Waals surface area (Å²) in [5.74, 6) is -1.66. The van der Waals surface area contributed by atoms with Gasteiger partial charge in [-0.15, -0.1) is 0 Å². The molecule has 0 saturated heterocycles. The highest BCUT2D eigenvalue weighted by atomic mass is 16.4. The van der Waals surface area contributed by atoms with Crippen LogP contribution in [0.3, 0.4) is 0 Å². The molecule has 0 heterocycles.